The molecule has 0 aliphatic carbocycles. The number of fused-ring (bicyclic) bond motifs is 1. The number of benzene rings is 1. The van der Waals surface area contributed by atoms with E-state index in [1.54, 1.807) is 50.4 Å². The van der Waals surface area contributed by atoms with Crippen molar-refractivity contribution in [1.29, 1.82) is 0 Å². The van der Waals surface area contributed by atoms with Gasteiger partial charge in [0.25, 0.3) is 0 Å². The summed E-state index contributed by atoms with van der Waals surface area (Å²) in [7, 11) is 5.16. The monoisotopic (exact) mass is 721 g/mol. The number of ether oxygens (including phenoxy) is 2. The lowest BCUT2D eigenvalue weighted by atomic mass is 10.0. The van der Waals surface area contributed by atoms with Gasteiger partial charge in [-0.3, -0.25) is 23.5 Å². The lowest BCUT2D eigenvalue weighted by Gasteiger charge is -2.25. The zero-order valence-corrected chi connectivity index (χ0v) is 29.0. The van der Waals surface area contributed by atoms with Gasteiger partial charge in [0, 0.05) is 39.9 Å². The van der Waals surface area contributed by atoms with Gasteiger partial charge in [-0.05, 0) is 30.2 Å². The third kappa shape index (κ3) is 8.60. The van der Waals surface area contributed by atoms with Crippen LogP contribution < -0.4 is 43.2 Å². The van der Waals surface area contributed by atoms with Gasteiger partial charge in [0.15, 0.2) is 23.2 Å². The molecule has 52 heavy (non-hydrogen) atoms. The summed E-state index contributed by atoms with van der Waals surface area (Å²) in [6.45, 7) is -0.884. The maximum Gasteiger partial charge on any atom is 0.349 e. The number of amides is 3. The molecule has 0 spiro atoms. The zero-order valence-electron chi connectivity index (χ0n) is 29.0. The van der Waals surface area contributed by atoms with E-state index in [1.165, 1.54) is 34.4 Å². The van der Waals surface area contributed by atoms with Crippen molar-refractivity contribution in [1.82, 2.24) is 44.6 Å². The second-order valence-corrected chi connectivity index (χ2v) is 12.3. The lowest BCUT2D eigenvalue weighted by Crippen LogP contribution is -2.55. The first-order valence-electron chi connectivity index (χ1n) is 16.3. The highest BCUT2D eigenvalue weighted by atomic mass is 16.5. The number of nitrogens with one attached hydrogen (secondary N) is 2. The van der Waals surface area contributed by atoms with Crippen LogP contribution in [0.5, 0.6) is 5.75 Å². The lowest BCUT2D eigenvalue weighted by molar-refractivity contribution is -0.136. The molecule has 1 fully saturated rings. The van der Waals surface area contributed by atoms with Gasteiger partial charge in [0.05, 0.1) is 32.1 Å². The van der Waals surface area contributed by atoms with Crippen molar-refractivity contribution in [3.63, 3.8) is 0 Å². The normalized spacial score (nSPS) is 18.9. The number of nitrogen functional groups attached to an aromatic ring is 1. The van der Waals surface area contributed by atoms with E-state index in [2.05, 4.69) is 30.6 Å². The predicted octanol–water partition coefficient (Wildman–Crippen LogP) is -3.04. The van der Waals surface area contributed by atoms with E-state index in [0.717, 1.165) is 10.1 Å². The molecule has 1 aliphatic heterocycles. The Bertz CT molecular complexity index is 1930. The Labute approximate surface area is 297 Å². The van der Waals surface area contributed by atoms with Gasteiger partial charge >= 0.3 is 5.69 Å². The van der Waals surface area contributed by atoms with Crippen LogP contribution in [0.15, 0.2) is 54.0 Å². The number of aromatic nitrogens is 6. The number of hydrogen-bond donors (Lipinski definition) is 6. The molecule has 5 rings (SSSR count). The van der Waals surface area contributed by atoms with E-state index < -0.39 is 60.5 Å². The number of nitrogens with zero attached hydrogens (tertiary/aromatic N) is 8. The molecule has 1 saturated heterocycles. The molecule has 3 aromatic heterocycles. The molecule has 0 unspecified atom stereocenters. The number of aliphatic hydroxyl groups is 1. The molecular weight excluding hydrogens is 678 g/mol. The summed E-state index contributed by atoms with van der Waals surface area (Å²) in [6.07, 6.45) is 0.959. The quantitative estimate of drug-likeness (QED) is 0.0712. The minimum Gasteiger partial charge on any atom is -0.497 e. The van der Waals surface area contributed by atoms with Gasteiger partial charge in [0.2, 0.25) is 17.7 Å². The minimum atomic E-state index is -1.34. The van der Waals surface area contributed by atoms with E-state index >= 15 is 0 Å². The van der Waals surface area contributed by atoms with Crippen LogP contribution in [0, 0.1) is 0 Å². The molecule has 20 nitrogen and oxygen atoms in total. The summed E-state index contributed by atoms with van der Waals surface area (Å²) in [4.78, 5) is 71.5. The Hall–Kier alpha value is -5.70. The highest BCUT2D eigenvalue weighted by Gasteiger charge is 2.46. The van der Waals surface area contributed by atoms with Crippen molar-refractivity contribution in [3.05, 3.63) is 65.2 Å². The third-order valence-electron chi connectivity index (χ3n) is 8.46. The molecule has 9 N–H and O–H groups in total. The largest absolute Gasteiger partial charge is 0.497 e. The Morgan fingerprint density at radius 2 is 1.88 bits per heavy atom. The average Bonchev–Trinajstić information content (AvgIpc) is 3.68. The number of carbonyl (C=O) groups excluding carboxylic acids is 3. The number of anilines is 2. The number of hydrogen-bond acceptors (Lipinski definition) is 15. The summed E-state index contributed by atoms with van der Waals surface area (Å²) in [5, 5.41) is 17.2. The second-order valence-electron chi connectivity index (χ2n) is 12.3. The molecule has 278 valence electrons. The van der Waals surface area contributed by atoms with Gasteiger partial charge in [-0.2, -0.15) is 4.98 Å². The zero-order chi connectivity index (χ0) is 37.5. The predicted molar refractivity (Wildman–Crippen MR) is 188 cm³/mol. The Kier molecular flexibility index (Phi) is 11.9. The van der Waals surface area contributed by atoms with E-state index in [0.29, 0.717) is 22.7 Å². The number of methoxy groups -OCH3 is 1. The molecule has 20 heteroatoms. The van der Waals surface area contributed by atoms with Crippen LogP contribution in [0.1, 0.15) is 11.8 Å². The molecule has 0 bridgehead atoms. The van der Waals surface area contributed by atoms with Crippen molar-refractivity contribution < 1.29 is 29.0 Å². The standard InChI is InChI=1S/C32H43N13O7/c1-42(2)28-26-29(38-16-37-28)45(17-39-26)31-27(48)25(41-30(49)20(34)12-18-4-6-19(51-3)7-5-18)21(52-31)13-36-23(46)14-43(11-9-33)24(47)15-44-10-8-22(35)40-32(44)50/h4-8,10,16-17,20-21,25,27,31,48H,9,11-15,33-34H2,1-3H3,(H,36,46)(H,41,49)(H2,35,40,50)/t20-,21+,25+,27+,31+/m0/s1. The van der Waals surface area contributed by atoms with Crippen LogP contribution in [-0.4, -0.2) is 128 Å². The maximum atomic E-state index is 13.4. The first-order valence-corrected chi connectivity index (χ1v) is 16.3. The Balaban J connectivity index is 1.32. The Morgan fingerprint density at radius 1 is 1.13 bits per heavy atom. The van der Waals surface area contributed by atoms with Gasteiger partial charge in [-0.15, -0.1) is 0 Å². The molecule has 3 amide bonds. The van der Waals surface area contributed by atoms with Gasteiger partial charge in [-0.25, -0.2) is 19.7 Å². The van der Waals surface area contributed by atoms with Crippen molar-refractivity contribution in [2.75, 3.05) is 58.0 Å². The van der Waals surface area contributed by atoms with Crippen LogP contribution in [0.25, 0.3) is 11.2 Å². The molecular formula is C32H43N13O7. The molecule has 5 atom stereocenters. The van der Waals surface area contributed by atoms with Gasteiger partial charge < -0.3 is 52.2 Å². The Morgan fingerprint density at radius 3 is 2.56 bits per heavy atom. The number of imidazole rings is 1. The molecule has 0 saturated carbocycles. The number of aliphatic hydroxyl groups excluding tert-OH is 1. The fraction of sp³-hybridized carbons (Fsp3) is 0.438. The molecule has 0 radical (unpaired) electrons. The average molecular weight is 722 g/mol. The van der Waals surface area contributed by atoms with Crippen molar-refractivity contribution in [2.45, 2.75) is 43.5 Å². The summed E-state index contributed by atoms with van der Waals surface area (Å²) < 4.78 is 14.1. The summed E-state index contributed by atoms with van der Waals surface area (Å²) in [5.41, 5.74) is 18.4. The first-order chi connectivity index (χ1) is 24.9. The fourth-order valence-electron chi connectivity index (χ4n) is 5.76. The van der Waals surface area contributed by atoms with Crippen LogP contribution in [0.2, 0.25) is 0 Å². The van der Waals surface area contributed by atoms with Crippen molar-refractivity contribution in [2.24, 2.45) is 11.5 Å². The van der Waals surface area contributed by atoms with Crippen molar-refractivity contribution in [3.8, 4) is 5.75 Å². The van der Waals surface area contributed by atoms with E-state index in [1.807, 2.05) is 0 Å². The highest BCUT2D eigenvalue weighted by Crippen LogP contribution is 2.32. The SMILES string of the molecule is COc1ccc(C[C@H](N)C(=O)N[C@H]2[C@@H](O)[C@H](n3cnc4c(N(C)C)ncnc43)O[C@@H]2CNC(=O)CN(CCN)C(=O)Cn2ccc(N)nc2=O)cc1. The maximum absolute atomic E-state index is 13.4. The van der Waals surface area contributed by atoms with E-state index in [-0.39, 0.29) is 38.4 Å². The highest BCUT2D eigenvalue weighted by molar-refractivity contribution is 5.85. The smallest absolute Gasteiger partial charge is 0.349 e. The van der Waals surface area contributed by atoms with Crippen LogP contribution in [0.3, 0.4) is 0 Å². The van der Waals surface area contributed by atoms with Crippen LogP contribution >= 0.6 is 0 Å². The molecule has 1 aliphatic rings. The summed E-state index contributed by atoms with van der Waals surface area (Å²) >= 11 is 0. The summed E-state index contributed by atoms with van der Waals surface area (Å²) in [5.74, 6) is -0.476. The first kappa shape index (κ1) is 37.6. The van der Waals surface area contributed by atoms with Crippen molar-refractivity contribution >= 4 is 40.5 Å². The molecule has 4 heterocycles. The van der Waals surface area contributed by atoms with E-state index in [4.69, 9.17) is 26.7 Å². The second kappa shape index (κ2) is 16.5. The van der Waals surface area contributed by atoms with Gasteiger partial charge in [0.1, 0.15) is 36.6 Å². The van der Waals surface area contributed by atoms with Gasteiger partial charge in [-0.1, -0.05) is 12.1 Å². The van der Waals surface area contributed by atoms with Crippen LogP contribution in [0.4, 0.5) is 11.6 Å². The molecule has 1 aromatic carbocycles. The summed E-state index contributed by atoms with van der Waals surface area (Å²) in [6, 6.07) is 6.46. The van der Waals surface area contributed by atoms with E-state index in [9.17, 15) is 24.3 Å². The third-order valence-corrected chi connectivity index (χ3v) is 8.46. The molecule has 4 aromatic rings. The fourth-order valence-corrected chi connectivity index (χ4v) is 5.76. The minimum absolute atomic E-state index is 0.00917. The van der Waals surface area contributed by atoms with Crippen LogP contribution in [-0.2, 0) is 32.1 Å². The number of rotatable bonds is 15. The topological polar surface area (TPSA) is 277 Å². The number of nitrogens with two attached hydrogens (primary N) is 3. The number of carbonyl (C=O) groups is 3.